The van der Waals surface area contributed by atoms with Gasteiger partial charge in [-0.1, -0.05) is 24.6 Å². The van der Waals surface area contributed by atoms with Crippen LogP contribution in [0, 0.1) is 12.7 Å². The average Bonchev–Trinajstić information content (AvgIpc) is 3.08. The van der Waals surface area contributed by atoms with E-state index < -0.39 is 0 Å². The third kappa shape index (κ3) is 3.51. The second kappa shape index (κ2) is 7.15. The molecule has 4 aromatic rings. The Morgan fingerprint density at radius 2 is 1.74 bits per heavy atom. The Kier molecular flexibility index (Phi) is 4.54. The molecule has 136 valence electrons. The highest BCUT2D eigenvalue weighted by molar-refractivity contribution is 5.90. The van der Waals surface area contributed by atoms with Crippen molar-refractivity contribution in [2.45, 2.75) is 26.8 Å². The van der Waals surface area contributed by atoms with Crippen molar-refractivity contribution in [3.8, 4) is 11.4 Å². The fourth-order valence-electron chi connectivity index (χ4n) is 2.93. The Hall–Kier alpha value is -3.28. The molecular weight excluding hydrogens is 341 g/mol. The van der Waals surface area contributed by atoms with Gasteiger partial charge in [-0.3, -0.25) is 0 Å². The van der Waals surface area contributed by atoms with Crippen LogP contribution in [0.15, 0.2) is 54.7 Å². The van der Waals surface area contributed by atoms with Gasteiger partial charge < -0.3 is 5.32 Å². The van der Waals surface area contributed by atoms with Gasteiger partial charge in [0, 0.05) is 17.8 Å². The van der Waals surface area contributed by atoms with E-state index in [0.717, 1.165) is 35.2 Å². The summed E-state index contributed by atoms with van der Waals surface area (Å²) in [6.07, 6.45) is 2.74. The first-order valence-electron chi connectivity index (χ1n) is 8.97. The van der Waals surface area contributed by atoms with Gasteiger partial charge in [-0.15, -0.1) is 0 Å². The second-order valence-electron chi connectivity index (χ2n) is 6.50. The summed E-state index contributed by atoms with van der Waals surface area (Å²) >= 11 is 0. The number of nitrogens with one attached hydrogen (secondary N) is 1. The Morgan fingerprint density at radius 3 is 2.44 bits per heavy atom. The van der Waals surface area contributed by atoms with E-state index >= 15 is 0 Å². The molecule has 0 bridgehead atoms. The van der Waals surface area contributed by atoms with Gasteiger partial charge in [0.25, 0.3) is 0 Å². The maximum absolute atomic E-state index is 13.3. The van der Waals surface area contributed by atoms with Crippen LogP contribution in [0.3, 0.4) is 0 Å². The highest BCUT2D eigenvalue weighted by atomic mass is 19.1. The molecule has 0 aliphatic carbocycles. The monoisotopic (exact) mass is 361 g/mol. The highest BCUT2D eigenvalue weighted by Gasteiger charge is 2.14. The summed E-state index contributed by atoms with van der Waals surface area (Å²) in [6, 6.07) is 14.3. The van der Waals surface area contributed by atoms with Crippen molar-refractivity contribution in [1.82, 2.24) is 19.7 Å². The summed E-state index contributed by atoms with van der Waals surface area (Å²) in [5, 5.41) is 8.69. The van der Waals surface area contributed by atoms with E-state index in [2.05, 4.69) is 17.3 Å². The van der Waals surface area contributed by atoms with Gasteiger partial charge in [-0.05, 0) is 49.7 Å². The molecule has 2 heterocycles. The Bertz CT molecular complexity index is 1070. The van der Waals surface area contributed by atoms with Crippen LogP contribution in [0.25, 0.3) is 22.4 Å². The van der Waals surface area contributed by atoms with E-state index in [1.165, 1.54) is 17.7 Å². The summed E-state index contributed by atoms with van der Waals surface area (Å²) in [6.45, 7) is 4.92. The topological polar surface area (TPSA) is 55.6 Å². The molecule has 1 N–H and O–H groups in total. The quantitative estimate of drug-likeness (QED) is 0.538. The molecule has 27 heavy (non-hydrogen) atoms. The zero-order valence-corrected chi connectivity index (χ0v) is 15.3. The van der Waals surface area contributed by atoms with E-state index in [4.69, 9.17) is 9.97 Å². The molecule has 4 rings (SSSR count). The summed E-state index contributed by atoms with van der Waals surface area (Å²) in [5.74, 6) is 0.939. The number of hydrogen-bond donors (Lipinski definition) is 1. The molecule has 0 radical (unpaired) electrons. The number of rotatable bonds is 5. The first-order chi connectivity index (χ1) is 13.1. The Labute approximate surface area is 156 Å². The SMILES string of the molecule is CCCn1ncc2c(Nc3ccc(C)cc3)nc(-c3ccc(F)cc3)nc21. The minimum atomic E-state index is -0.283. The average molecular weight is 361 g/mol. The predicted molar refractivity (Wildman–Crippen MR) is 105 cm³/mol. The largest absolute Gasteiger partial charge is 0.339 e. The van der Waals surface area contributed by atoms with Crippen LogP contribution in [-0.2, 0) is 6.54 Å². The molecule has 0 saturated carbocycles. The van der Waals surface area contributed by atoms with Gasteiger partial charge in [0.1, 0.15) is 11.6 Å². The number of hydrogen-bond acceptors (Lipinski definition) is 4. The third-order valence-corrected chi connectivity index (χ3v) is 4.35. The minimum absolute atomic E-state index is 0.283. The molecule has 0 atom stereocenters. The van der Waals surface area contributed by atoms with Crippen molar-refractivity contribution in [3.05, 3.63) is 66.1 Å². The Morgan fingerprint density at radius 1 is 1.00 bits per heavy atom. The van der Waals surface area contributed by atoms with Gasteiger partial charge in [-0.2, -0.15) is 5.10 Å². The van der Waals surface area contributed by atoms with Gasteiger partial charge >= 0.3 is 0 Å². The standard InChI is InChI=1S/C21H20FN5/c1-3-12-27-21-18(13-23-27)20(24-17-10-4-14(2)5-11-17)25-19(26-21)15-6-8-16(22)9-7-15/h4-11,13H,3,12H2,1-2H3,(H,24,25,26). The molecule has 2 aromatic heterocycles. The fourth-order valence-corrected chi connectivity index (χ4v) is 2.93. The van der Waals surface area contributed by atoms with Crippen LogP contribution in [0.5, 0.6) is 0 Å². The molecule has 0 spiro atoms. The molecular formula is C21H20FN5. The maximum atomic E-state index is 13.3. The third-order valence-electron chi connectivity index (χ3n) is 4.35. The molecule has 0 fully saturated rings. The number of anilines is 2. The highest BCUT2D eigenvalue weighted by Crippen LogP contribution is 2.27. The molecule has 2 aromatic carbocycles. The summed E-state index contributed by atoms with van der Waals surface area (Å²) < 4.78 is 15.2. The van der Waals surface area contributed by atoms with Crippen molar-refractivity contribution in [2.75, 3.05) is 5.32 Å². The van der Waals surface area contributed by atoms with Gasteiger partial charge in [0.05, 0.1) is 11.6 Å². The lowest BCUT2D eigenvalue weighted by Crippen LogP contribution is -2.03. The number of aromatic nitrogens is 4. The van der Waals surface area contributed by atoms with Gasteiger partial charge in [0.15, 0.2) is 11.5 Å². The van der Waals surface area contributed by atoms with E-state index in [-0.39, 0.29) is 5.82 Å². The van der Waals surface area contributed by atoms with E-state index in [9.17, 15) is 4.39 Å². The molecule has 0 aliphatic heterocycles. The number of halogens is 1. The maximum Gasteiger partial charge on any atom is 0.164 e. The van der Waals surface area contributed by atoms with Crippen LogP contribution in [0.2, 0.25) is 0 Å². The van der Waals surface area contributed by atoms with Gasteiger partial charge in [0.2, 0.25) is 0 Å². The van der Waals surface area contributed by atoms with Crippen molar-refractivity contribution in [3.63, 3.8) is 0 Å². The van der Waals surface area contributed by atoms with Crippen molar-refractivity contribution >= 4 is 22.5 Å². The number of aryl methyl sites for hydroxylation is 2. The molecule has 0 aliphatic rings. The second-order valence-corrected chi connectivity index (χ2v) is 6.50. The number of nitrogens with zero attached hydrogens (tertiary/aromatic N) is 4. The zero-order valence-electron chi connectivity index (χ0n) is 15.3. The molecule has 6 heteroatoms. The van der Waals surface area contributed by atoms with Crippen LogP contribution in [0.1, 0.15) is 18.9 Å². The molecule has 0 saturated heterocycles. The molecule has 0 amide bonds. The lowest BCUT2D eigenvalue weighted by molar-refractivity contribution is 0.617. The zero-order chi connectivity index (χ0) is 18.8. The van der Waals surface area contributed by atoms with Crippen molar-refractivity contribution in [2.24, 2.45) is 0 Å². The van der Waals surface area contributed by atoms with E-state index in [0.29, 0.717) is 11.6 Å². The van der Waals surface area contributed by atoms with Crippen LogP contribution >= 0.6 is 0 Å². The predicted octanol–water partition coefficient (Wildman–Crippen LogP) is 5.09. The summed E-state index contributed by atoms with van der Waals surface area (Å²) in [4.78, 5) is 9.39. The Balaban J connectivity index is 1.84. The number of fused-ring (bicyclic) bond motifs is 1. The van der Waals surface area contributed by atoms with E-state index in [1.54, 1.807) is 18.3 Å². The lowest BCUT2D eigenvalue weighted by atomic mass is 10.2. The van der Waals surface area contributed by atoms with Crippen molar-refractivity contribution < 1.29 is 4.39 Å². The molecule has 5 nitrogen and oxygen atoms in total. The fraction of sp³-hybridized carbons (Fsp3) is 0.190. The normalized spacial score (nSPS) is 11.1. The summed E-state index contributed by atoms with van der Waals surface area (Å²) in [5.41, 5.74) is 3.65. The smallest absolute Gasteiger partial charge is 0.164 e. The van der Waals surface area contributed by atoms with Crippen LogP contribution < -0.4 is 5.32 Å². The summed E-state index contributed by atoms with van der Waals surface area (Å²) in [7, 11) is 0. The minimum Gasteiger partial charge on any atom is -0.339 e. The first kappa shape index (κ1) is 17.1. The van der Waals surface area contributed by atoms with Gasteiger partial charge in [-0.25, -0.2) is 19.0 Å². The van der Waals surface area contributed by atoms with Crippen molar-refractivity contribution in [1.29, 1.82) is 0 Å². The number of benzene rings is 2. The van der Waals surface area contributed by atoms with E-state index in [1.807, 2.05) is 35.9 Å². The van der Waals surface area contributed by atoms with Crippen LogP contribution in [-0.4, -0.2) is 19.7 Å². The lowest BCUT2D eigenvalue weighted by Gasteiger charge is -2.10. The van der Waals surface area contributed by atoms with Crippen LogP contribution in [0.4, 0.5) is 15.9 Å². The molecule has 0 unspecified atom stereocenters. The first-order valence-corrected chi connectivity index (χ1v) is 8.97.